The summed E-state index contributed by atoms with van der Waals surface area (Å²) in [5.41, 5.74) is -0.222. The van der Waals surface area contributed by atoms with Gasteiger partial charge in [-0.1, -0.05) is 101 Å². The van der Waals surface area contributed by atoms with Crippen LogP contribution in [-0.4, -0.2) is 22.0 Å². The minimum Gasteiger partial charge on any atom is -0.450 e. The summed E-state index contributed by atoms with van der Waals surface area (Å²) in [6, 6.07) is 27.4. The van der Waals surface area contributed by atoms with Crippen molar-refractivity contribution in [2.24, 2.45) is 0 Å². The average molecular weight is 667 g/mol. The first-order valence-corrected chi connectivity index (χ1v) is 16.3. The molecule has 1 atom stereocenters. The number of rotatable bonds is 6. The van der Waals surface area contributed by atoms with Crippen molar-refractivity contribution in [3.63, 3.8) is 0 Å². The molecule has 0 aliphatic carbocycles. The van der Waals surface area contributed by atoms with E-state index in [0.717, 1.165) is 29.0 Å². The zero-order valence-corrected chi connectivity index (χ0v) is 26.0. The lowest BCUT2D eigenvalue weighted by Crippen LogP contribution is -2.53. The SMILES string of the molecule is O=C1c2oc3ccc(F)cc3c(=O)c2C2(C(=O)N(Cc3ccccc3Cl)c3ccccc32)N1c1nnc(SCc2ccccc2)s1. The van der Waals surface area contributed by atoms with Crippen molar-refractivity contribution in [3.05, 3.63) is 146 Å². The summed E-state index contributed by atoms with van der Waals surface area (Å²) in [6.07, 6.45) is 0. The molecule has 2 aliphatic rings. The number of carbonyl (C=O) groups excluding carboxylic acids is 2. The first-order valence-electron chi connectivity index (χ1n) is 14.1. The smallest absolute Gasteiger partial charge is 0.297 e. The second-order valence-electron chi connectivity index (χ2n) is 10.8. The molecular weight excluding hydrogens is 647 g/mol. The van der Waals surface area contributed by atoms with Crippen LogP contribution in [0.25, 0.3) is 11.0 Å². The maximum atomic E-state index is 15.1. The van der Waals surface area contributed by atoms with Gasteiger partial charge in [-0.15, -0.1) is 10.2 Å². The lowest BCUT2D eigenvalue weighted by molar-refractivity contribution is -0.121. The Balaban J connectivity index is 1.34. The van der Waals surface area contributed by atoms with Crippen LogP contribution in [0.5, 0.6) is 0 Å². The van der Waals surface area contributed by atoms with Gasteiger partial charge in [0.1, 0.15) is 11.4 Å². The molecule has 4 aromatic carbocycles. The van der Waals surface area contributed by atoms with Crippen LogP contribution in [-0.2, 0) is 22.6 Å². The minimum atomic E-state index is -1.99. The molecule has 0 fully saturated rings. The Labute approximate surface area is 274 Å². The topological polar surface area (TPSA) is 96.6 Å². The van der Waals surface area contributed by atoms with Gasteiger partial charge in [-0.3, -0.25) is 19.3 Å². The lowest BCUT2D eigenvalue weighted by atomic mass is 9.84. The number of benzene rings is 4. The zero-order valence-electron chi connectivity index (χ0n) is 23.6. The Hall–Kier alpha value is -4.84. The molecule has 4 heterocycles. The summed E-state index contributed by atoms with van der Waals surface area (Å²) in [5.74, 6) is -1.65. The van der Waals surface area contributed by atoms with Gasteiger partial charge < -0.3 is 9.32 Å². The maximum Gasteiger partial charge on any atom is 0.297 e. The number of hydrogen-bond donors (Lipinski definition) is 0. The van der Waals surface area contributed by atoms with Crippen molar-refractivity contribution in [1.29, 1.82) is 0 Å². The van der Waals surface area contributed by atoms with Crippen LogP contribution >= 0.6 is 34.7 Å². The summed E-state index contributed by atoms with van der Waals surface area (Å²) in [5, 5.41) is 9.18. The highest BCUT2D eigenvalue weighted by Crippen LogP contribution is 2.55. The number of amides is 2. The summed E-state index contributed by atoms with van der Waals surface area (Å²) in [4.78, 5) is 46.6. The summed E-state index contributed by atoms with van der Waals surface area (Å²) < 4.78 is 21.1. The highest BCUT2D eigenvalue weighted by molar-refractivity contribution is 8.00. The molecule has 8 nitrogen and oxygen atoms in total. The predicted molar refractivity (Wildman–Crippen MR) is 175 cm³/mol. The molecule has 8 rings (SSSR count). The molecular formula is C34H20ClFN4O4S2. The molecule has 2 aliphatic heterocycles. The van der Waals surface area contributed by atoms with Crippen molar-refractivity contribution in [2.45, 2.75) is 22.2 Å². The van der Waals surface area contributed by atoms with Crippen molar-refractivity contribution in [3.8, 4) is 0 Å². The van der Waals surface area contributed by atoms with E-state index in [1.54, 1.807) is 42.5 Å². The van der Waals surface area contributed by atoms with Crippen LogP contribution < -0.4 is 15.2 Å². The third-order valence-electron chi connectivity index (χ3n) is 8.16. The molecule has 0 saturated carbocycles. The van der Waals surface area contributed by atoms with Crippen molar-refractivity contribution in [2.75, 3.05) is 9.80 Å². The maximum absolute atomic E-state index is 15.1. The van der Waals surface area contributed by atoms with Crippen LogP contribution in [0.4, 0.5) is 15.2 Å². The summed E-state index contributed by atoms with van der Waals surface area (Å²) >= 11 is 9.09. The molecule has 1 spiro atoms. The zero-order chi connectivity index (χ0) is 31.6. The molecule has 0 N–H and O–H groups in total. The Kier molecular flexibility index (Phi) is 6.78. The molecule has 12 heteroatoms. The number of para-hydroxylation sites is 1. The molecule has 0 radical (unpaired) electrons. The monoisotopic (exact) mass is 666 g/mol. The summed E-state index contributed by atoms with van der Waals surface area (Å²) in [7, 11) is 0. The van der Waals surface area contributed by atoms with Gasteiger partial charge in [0.15, 0.2) is 15.3 Å². The molecule has 2 amide bonds. The van der Waals surface area contributed by atoms with E-state index >= 15 is 4.79 Å². The Morgan fingerprint density at radius 1 is 0.913 bits per heavy atom. The number of nitrogens with zero attached hydrogens (tertiary/aromatic N) is 4. The van der Waals surface area contributed by atoms with Gasteiger partial charge >= 0.3 is 0 Å². The quantitative estimate of drug-likeness (QED) is 0.137. The Morgan fingerprint density at radius 2 is 1.67 bits per heavy atom. The number of hydrogen-bond acceptors (Lipinski definition) is 8. The van der Waals surface area contributed by atoms with Crippen LogP contribution in [0.2, 0.25) is 5.02 Å². The van der Waals surface area contributed by atoms with Crippen LogP contribution in [0.3, 0.4) is 0 Å². The minimum absolute atomic E-state index is 0.0264. The van der Waals surface area contributed by atoms with E-state index in [1.807, 2.05) is 36.4 Å². The van der Waals surface area contributed by atoms with Crippen molar-refractivity contribution in [1.82, 2.24) is 10.2 Å². The fourth-order valence-corrected chi connectivity index (χ4v) is 8.20. The van der Waals surface area contributed by atoms with Gasteiger partial charge in [-0.25, -0.2) is 4.39 Å². The molecule has 2 aromatic heterocycles. The van der Waals surface area contributed by atoms with Crippen LogP contribution in [0.15, 0.2) is 111 Å². The number of fused-ring (bicyclic) bond motifs is 5. The fourth-order valence-electron chi connectivity index (χ4n) is 6.16. The van der Waals surface area contributed by atoms with Gasteiger partial charge in [0.2, 0.25) is 10.9 Å². The molecule has 0 bridgehead atoms. The van der Waals surface area contributed by atoms with Crippen LogP contribution in [0.1, 0.15) is 32.8 Å². The fraction of sp³-hybridized carbons (Fsp3) is 0.0882. The molecule has 1 unspecified atom stereocenters. The Morgan fingerprint density at radius 3 is 2.50 bits per heavy atom. The third kappa shape index (κ3) is 4.23. The Bertz CT molecular complexity index is 2280. The average Bonchev–Trinajstić information content (AvgIpc) is 3.71. The second kappa shape index (κ2) is 10.9. The van der Waals surface area contributed by atoms with Crippen molar-refractivity contribution >= 4 is 68.3 Å². The van der Waals surface area contributed by atoms with Gasteiger partial charge in [-0.05, 0) is 41.5 Å². The number of carbonyl (C=O) groups is 2. The van der Waals surface area contributed by atoms with E-state index in [0.29, 0.717) is 31.9 Å². The van der Waals surface area contributed by atoms with Gasteiger partial charge in [0.05, 0.1) is 23.2 Å². The summed E-state index contributed by atoms with van der Waals surface area (Å²) in [6.45, 7) is 0.0659. The van der Waals surface area contributed by atoms with E-state index in [1.165, 1.54) is 27.6 Å². The van der Waals surface area contributed by atoms with E-state index in [-0.39, 0.29) is 34.0 Å². The largest absolute Gasteiger partial charge is 0.450 e. The van der Waals surface area contributed by atoms with Gasteiger partial charge in [-0.2, -0.15) is 0 Å². The van der Waals surface area contributed by atoms with Gasteiger partial charge in [0.25, 0.3) is 11.8 Å². The highest BCUT2D eigenvalue weighted by Gasteiger charge is 2.66. The van der Waals surface area contributed by atoms with Crippen molar-refractivity contribution < 1.29 is 18.4 Å². The molecule has 6 aromatic rings. The van der Waals surface area contributed by atoms with Crippen LogP contribution in [0, 0.1) is 5.82 Å². The highest BCUT2D eigenvalue weighted by atomic mass is 35.5. The third-order valence-corrected chi connectivity index (χ3v) is 10.6. The standard InChI is InChI=1S/C34H20ClFN4O4S2/c35-24-12-6-4-10-20(24)17-39-25-13-7-5-11-23(25)34(31(39)43)27-28(41)22-16-21(36)14-15-26(22)44-29(27)30(42)40(34)32-37-38-33(46-32)45-18-19-8-2-1-3-9-19/h1-16H,17-18H2. The molecule has 226 valence electrons. The number of aromatic nitrogens is 2. The number of halogens is 2. The van der Waals surface area contributed by atoms with E-state index in [4.69, 9.17) is 16.0 Å². The second-order valence-corrected chi connectivity index (χ2v) is 13.3. The normalized spacial score (nSPS) is 16.9. The van der Waals surface area contributed by atoms with E-state index < -0.39 is 28.6 Å². The van der Waals surface area contributed by atoms with E-state index in [9.17, 15) is 14.0 Å². The number of thioether (sulfide) groups is 1. The molecule has 0 saturated heterocycles. The first-order chi connectivity index (χ1) is 22.4. The number of anilines is 2. The van der Waals surface area contributed by atoms with E-state index in [2.05, 4.69) is 10.2 Å². The lowest BCUT2D eigenvalue weighted by Gasteiger charge is -2.32. The predicted octanol–water partition coefficient (Wildman–Crippen LogP) is 7.18. The molecule has 46 heavy (non-hydrogen) atoms. The first kappa shape index (κ1) is 28.6. The van der Waals surface area contributed by atoms with Gasteiger partial charge in [0, 0.05) is 16.3 Å².